The molecule has 2 heterocycles. The van der Waals surface area contributed by atoms with Gasteiger partial charge in [-0.3, -0.25) is 14.2 Å². The van der Waals surface area contributed by atoms with E-state index in [1.165, 1.54) is 22.2 Å². The van der Waals surface area contributed by atoms with Crippen molar-refractivity contribution in [3.63, 3.8) is 0 Å². The Hall–Kier alpha value is -2.12. The molecule has 0 N–H and O–H groups in total. The smallest absolute Gasteiger partial charge is 0.262 e. The van der Waals surface area contributed by atoms with Crippen LogP contribution in [-0.4, -0.2) is 32.2 Å². The highest BCUT2D eigenvalue weighted by atomic mass is 32.2. The first kappa shape index (κ1) is 20.2. The van der Waals surface area contributed by atoms with E-state index >= 15 is 0 Å². The Morgan fingerprint density at radius 2 is 2.07 bits per heavy atom. The van der Waals surface area contributed by atoms with Crippen LogP contribution in [0, 0.1) is 0 Å². The summed E-state index contributed by atoms with van der Waals surface area (Å²) < 4.78 is 1.61. The van der Waals surface area contributed by atoms with Gasteiger partial charge >= 0.3 is 0 Å². The highest BCUT2D eigenvalue weighted by Gasteiger charge is 2.25. The van der Waals surface area contributed by atoms with Crippen LogP contribution in [0.2, 0.25) is 0 Å². The number of amides is 1. The first-order chi connectivity index (χ1) is 14.0. The molecule has 1 aromatic carbocycles. The van der Waals surface area contributed by atoms with Crippen LogP contribution in [0.1, 0.15) is 36.3 Å². The van der Waals surface area contributed by atoms with E-state index in [9.17, 15) is 9.59 Å². The maximum Gasteiger partial charge on any atom is 0.262 e. The summed E-state index contributed by atoms with van der Waals surface area (Å²) in [6.45, 7) is 5.11. The van der Waals surface area contributed by atoms with Gasteiger partial charge in [-0.2, -0.15) is 0 Å². The number of thioether (sulfide) groups is 1. The minimum Gasteiger partial charge on any atom is -0.338 e. The van der Waals surface area contributed by atoms with Crippen LogP contribution in [0.4, 0.5) is 0 Å². The van der Waals surface area contributed by atoms with Gasteiger partial charge in [-0.25, -0.2) is 4.98 Å². The summed E-state index contributed by atoms with van der Waals surface area (Å²) in [5.41, 5.74) is 2.31. The lowest BCUT2D eigenvalue weighted by Crippen LogP contribution is -2.36. The van der Waals surface area contributed by atoms with Gasteiger partial charge in [-0.15, -0.1) is 11.3 Å². The van der Waals surface area contributed by atoms with Crippen LogP contribution >= 0.6 is 23.1 Å². The molecule has 0 saturated heterocycles. The normalized spacial score (nSPS) is 14.2. The third-order valence-corrected chi connectivity index (χ3v) is 7.76. The molecule has 1 amide bonds. The molecule has 5 nitrogen and oxygen atoms in total. The highest BCUT2D eigenvalue weighted by Crippen LogP contribution is 2.36. The molecule has 29 heavy (non-hydrogen) atoms. The molecule has 0 aliphatic heterocycles. The second kappa shape index (κ2) is 8.32. The maximum atomic E-state index is 13.0. The average molecular weight is 428 g/mol. The average Bonchev–Trinajstić information content (AvgIpc) is 3.31. The van der Waals surface area contributed by atoms with Crippen molar-refractivity contribution in [2.75, 3.05) is 6.54 Å². The molecule has 152 valence electrons. The van der Waals surface area contributed by atoms with E-state index in [0.717, 1.165) is 35.0 Å². The van der Waals surface area contributed by atoms with Gasteiger partial charge < -0.3 is 4.90 Å². The number of benzene rings is 1. The second-order valence-corrected chi connectivity index (χ2v) is 9.79. The first-order valence-corrected chi connectivity index (χ1v) is 11.7. The monoisotopic (exact) mass is 427 g/mol. The van der Waals surface area contributed by atoms with E-state index in [2.05, 4.69) is 0 Å². The van der Waals surface area contributed by atoms with Gasteiger partial charge in [-0.1, -0.05) is 42.1 Å². The van der Waals surface area contributed by atoms with Crippen LogP contribution in [0.5, 0.6) is 0 Å². The van der Waals surface area contributed by atoms with Crippen LogP contribution in [0.25, 0.3) is 10.2 Å². The summed E-state index contributed by atoms with van der Waals surface area (Å²) in [5.74, 6) is 0.0596. The lowest BCUT2D eigenvalue weighted by atomic mass is 10.2. The number of hydrogen-bond donors (Lipinski definition) is 0. The zero-order valence-electron chi connectivity index (χ0n) is 17.0. The van der Waals surface area contributed by atoms with Gasteiger partial charge in [0.1, 0.15) is 4.83 Å². The van der Waals surface area contributed by atoms with Gasteiger partial charge in [0.2, 0.25) is 5.91 Å². The Morgan fingerprint density at radius 3 is 2.79 bits per heavy atom. The van der Waals surface area contributed by atoms with Crippen LogP contribution in [-0.2, 0) is 31.2 Å². The van der Waals surface area contributed by atoms with E-state index in [-0.39, 0.29) is 16.7 Å². The number of aryl methyl sites for hydroxylation is 2. The molecule has 1 atom stereocenters. The Balaban J connectivity index is 1.56. The van der Waals surface area contributed by atoms with Crippen LogP contribution < -0.4 is 5.56 Å². The van der Waals surface area contributed by atoms with Crippen molar-refractivity contribution >= 4 is 39.2 Å². The summed E-state index contributed by atoms with van der Waals surface area (Å²) in [6, 6.07) is 10.0. The Kier molecular flexibility index (Phi) is 5.79. The lowest BCUT2D eigenvalue weighted by Gasteiger charge is -2.24. The predicted molar refractivity (Wildman–Crippen MR) is 120 cm³/mol. The van der Waals surface area contributed by atoms with E-state index in [1.807, 2.05) is 49.1 Å². The number of fused-ring (bicyclic) bond motifs is 3. The van der Waals surface area contributed by atoms with Gasteiger partial charge in [0.05, 0.1) is 10.6 Å². The molecule has 7 heteroatoms. The van der Waals surface area contributed by atoms with Crippen molar-refractivity contribution in [1.29, 1.82) is 0 Å². The van der Waals surface area contributed by atoms with Gasteiger partial charge in [0, 0.05) is 25.0 Å². The first-order valence-electron chi connectivity index (χ1n) is 10.00. The third-order valence-electron chi connectivity index (χ3n) is 5.44. The van der Waals surface area contributed by atoms with Gasteiger partial charge in [0.15, 0.2) is 5.16 Å². The number of rotatable bonds is 6. The van der Waals surface area contributed by atoms with E-state index in [1.54, 1.807) is 23.0 Å². The quantitative estimate of drug-likeness (QED) is 0.441. The maximum absolute atomic E-state index is 13.0. The van der Waals surface area contributed by atoms with Crippen LogP contribution in [0.15, 0.2) is 40.3 Å². The number of nitrogens with zero attached hydrogens (tertiary/aromatic N) is 3. The molecule has 4 rings (SSSR count). The van der Waals surface area contributed by atoms with Crippen molar-refractivity contribution < 1.29 is 4.79 Å². The molecule has 1 unspecified atom stereocenters. The minimum absolute atomic E-state index is 0.00758. The lowest BCUT2D eigenvalue weighted by molar-refractivity contribution is -0.130. The summed E-state index contributed by atoms with van der Waals surface area (Å²) >= 11 is 3.01. The number of aromatic nitrogens is 2. The second-order valence-electron chi connectivity index (χ2n) is 7.39. The van der Waals surface area contributed by atoms with E-state index in [4.69, 9.17) is 4.98 Å². The number of hydrogen-bond acceptors (Lipinski definition) is 5. The van der Waals surface area contributed by atoms with E-state index < -0.39 is 0 Å². The molecule has 1 aliphatic carbocycles. The van der Waals surface area contributed by atoms with Crippen molar-refractivity contribution in [3.05, 3.63) is 56.7 Å². The van der Waals surface area contributed by atoms with Gasteiger partial charge in [-0.05, 0) is 44.2 Å². The predicted octanol–water partition coefficient (Wildman–Crippen LogP) is 4.01. The van der Waals surface area contributed by atoms with Crippen molar-refractivity contribution in [1.82, 2.24) is 14.5 Å². The molecular weight excluding hydrogens is 402 g/mol. The number of thiophene rings is 1. The fraction of sp³-hybridized carbons (Fsp3) is 0.409. The molecule has 0 spiro atoms. The topological polar surface area (TPSA) is 55.2 Å². The summed E-state index contributed by atoms with van der Waals surface area (Å²) in [4.78, 5) is 34.8. The Morgan fingerprint density at radius 1 is 1.31 bits per heavy atom. The minimum atomic E-state index is -0.318. The summed E-state index contributed by atoms with van der Waals surface area (Å²) in [7, 11) is 1.76. The molecule has 0 saturated carbocycles. The van der Waals surface area contributed by atoms with Crippen molar-refractivity contribution in [2.24, 2.45) is 7.05 Å². The third kappa shape index (κ3) is 3.85. The molecule has 3 aromatic rings. The van der Waals surface area contributed by atoms with Crippen LogP contribution in [0.3, 0.4) is 0 Å². The highest BCUT2D eigenvalue weighted by molar-refractivity contribution is 8.00. The number of carbonyl (C=O) groups is 1. The molecular formula is C22H25N3O2S2. The largest absolute Gasteiger partial charge is 0.338 e. The molecule has 0 radical (unpaired) electrons. The van der Waals surface area contributed by atoms with Gasteiger partial charge in [0.25, 0.3) is 5.56 Å². The molecule has 1 aliphatic rings. The standard InChI is InChI=1S/C22H25N3O2S2/c1-4-25(13-15-9-6-5-7-10-15)20(26)14(2)28-22-23-19-18(21(27)24(22)3)16-11-8-12-17(16)29-19/h5-7,9-10,14H,4,8,11-13H2,1-3H3. The van der Waals surface area contributed by atoms with E-state index in [0.29, 0.717) is 18.2 Å². The SMILES string of the molecule is CCN(Cc1ccccc1)C(=O)C(C)Sc1nc2sc3c(c2c(=O)n1C)CCC3. The van der Waals surface area contributed by atoms with Crippen molar-refractivity contribution in [2.45, 2.75) is 50.1 Å². The Bertz CT molecular complexity index is 1100. The van der Waals surface area contributed by atoms with Crippen molar-refractivity contribution in [3.8, 4) is 0 Å². The summed E-state index contributed by atoms with van der Waals surface area (Å²) in [6.07, 6.45) is 3.14. The molecule has 0 fully saturated rings. The molecule has 0 bridgehead atoms. The zero-order chi connectivity index (χ0) is 20.5. The fourth-order valence-electron chi connectivity index (χ4n) is 3.83. The Labute approximate surface area is 178 Å². The summed E-state index contributed by atoms with van der Waals surface area (Å²) in [5, 5.41) is 1.08. The number of carbonyl (C=O) groups excluding carboxylic acids is 1. The molecule has 2 aromatic heterocycles. The zero-order valence-corrected chi connectivity index (χ0v) is 18.6. The fourth-order valence-corrected chi connectivity index (χ4v) is 6.09.